The van der Waals surface area contributed by atoms with Crippen LogP contribution in [0.2, 0.25) is 0 Å². The Balaban J connectivity index is 2.06. The summed E-state index contributed by atoms with van der Waals surface area (Å²) in [6.07, 6.45) is 4.21. The molecule has 1 aromatic rings. The molecular weight excluding hydrogens is 306 g/mol. The van der Waals surface area contributed by atoms with Gasteiger partial charge in [0.1, 0.15) is 0 Å². The quantitative estimate of drug-likeness (QED) is 0.899. The number of aryl methyl sites for hydroxylation is 1. The fourth-order valence-corrected chi connectivity index (χ4v) is 2.77. The third-order valence-electron chi connectivity index (χ3n) is 3.48. The Labute approximate surface area is 123 Å². The molecule has 0 fully saturated rings. The van der Waals surface area contributed by atoms with Gasteiger partial charge in [-0.25, -0.2) is 0 Å². The average molecular weight is 328 g/mol. The zero-order valence-corrected chi connectivity index (χ0v) is 13.0. The summed E-state index contributed by atoms with van der Waals surface area (Å²) in [5.74, 6) is 2.39. The first kappa shape index (κ1) is 14.7. The highest BCUT2D eigenvalue weighted by atomic mass is 79.9. The molecule has 0 radical (unpaired) electrons. The molecule has 0 aromatic heterocycles. The molecule has 0 aliphatic carbocycles. The van der Waals surface area contributed by atoms with E-state index in [0.29, 0.717) is 5.92 Å². The van der Waals surface area contributed by atoms with Gasteiger partial charge in [-0.1, -0.05) is 22.9 Å². The topological polar surface area (TPSA) is 44.5 Å². The summed E-state index contributed by atoms with van der Waals surface area (Å²) in [5.41, 5.74) is 6.88. The van der Waals surface area contributed by atoms with E-state index in [9.17, 15) is 0 Å². The van der Waals surface area contributed by atoms with Gasteiger partial charge < -0.3 is 15.2 Å². The summed E-state index contributed by atoms with van der Waals surface area (Å²) in [7, 11) is 0. The summed E-state index contributed by atoms with van der Waals surface area (Å²) >= 11 is 3.63. The Kier molecular flexibility index (Phi) is 5.52. The largest absolute Gasteiger partial charge is 0.490 e. The highest BCUT2D eigenvalue weighted by molar-refractivity contribution is 9.10. The first-order valence-electron chi connectivity index (χ1n) is 6.98. The minimum atomic E-state index is 0.660. The van der Waals surface area contributed by atoms with Crippen LogP contribution in [0, 0.1) is 5.92 Å². The predicted molar refractivity (Wildman–Crippen MR) is 80.9 cm³/mol. The van der Waals surface area contributed by atoms with E-state index in [4.69, 9.17) is 15.2 Å². The second-order valence-electron chi connectivity index (χ2n) is 5.16. The van der Waals surface area contributed by atoms with Crippen molar-refractivity contribution in [3.8, 4) is 11.5 Å². The lowest BCUT2D eigenvalue weighted by atomic mass is 9.98. The predicted octanol–water partition coefficient (Wildman–Crippen LogP) is 3.53. The van der Waals surface area contributed by atoms with Crippen molar-refractivity contribution in [2.45, 2.75) is 32.6 Å². The third-order valence-corrected chi connectivity index (χ3v) is 4.22. The van der Waals surface area contributed by atoms with Crippen molar-refractivity contribution in [3.05, 3.63) is 22.2 Å². The molecule has 0 bridgehead atoms. The molecule has 0 saturated carbocycles. The maximum absolute atomic E-state index is 5.73. The van der Waals surface area contributed by atoms with E-state index >= 15 is 0 Å². The van der Waals surface area contributed by atoms with Crippen LogP contribution in [-0.2, 0) is 6.42 Å². The van der Waals surface area contributed by atoms with Crippen molar-refractivity contribution in [1.29, 1.82) is 0 Å². The fourth-order valence-electron chi connectivity index (χ4n) is 2.25. The molecule has 4 heteroatoms. The molecule has 2 rings (SSSR count). The fraction of sp³-hybridized carbons (Fsp3) is 0.600. The van der Waals surface area contributed by atoms with Gasteiger partial charge in [-0.05, 0) is 49.4 Å². The van der Waals surface area contributed by atoms with Gasteiger partial charge >= 0.3 is 0 Å². The van der Waals surface area contributed by atoms with Crippen LogP contribution in [0.15, 0.2) is 16.6 Å². The molecule has 0 amide bonds. The molecule has 0 saturated heterocycles. The van der Waals surface area contributed by atoms with Crippen molar-refractivity contribution in [2.75, 3.05) is 19.8 Å². The lowest BCUT2D eigenvalue weighted by Crippen LogP contribution is -2.06. The number of benzene rings is 1. The number of rotatable bonds is 5. The lowest BCUT2D eigenvalue weighted by Gasteiger charge is -2.14. The molecule has 1 heterocycles. The lowest BCUT2D eigenvalue weighted by molar-refractivity contribution is 0.297. The van der Waals surface area contributed by atoms with Crippen molar-refractivity contribution < 1.29 is 9.47 Å². The SMILES string of the molecule is CC(CCN)CCc1cc2c(cc1Br)OCCCO2. The van der Waals surface area contributed by atoms with Crippen molar-refractivity contribution in [2.24, 2.45) is 11.7 Å². The number of nitrogens with two attached hydrogens (primary N) is 1. The van der Waals surface area contributed by atoms with E-state index in [0.717, 1.165) is 61.4 Å². The molecule has 19 heavy (non-hydrogen) atoms. The number of fused-ring (bicyclic) bond motifs is 1. The van der Waals surface area contributed by atoms with Crippen LogP contribution < -0.4 is 15.2 Å². The van der Waals surface area contributed by atoms with Gasteiger partial charge in [0.2, 0.25) is 0 Å². The molecule has 1 unspecified atom stereocenters. The molecular formula is C15H22BrNO2. The second kappa shape index (κ2) is 7.15. The van der Waals surface area contributed by atoms with Crippen LogP contribution in [0.1, 0.15) is 31.7 Å². The number of halogens is 1. The summed E-state index contributed by atoms with van der Waals surface area (Å²) in [4.78, 5) is 0. The van der Waals surface area contributed by atoms with Gasteiger partial charge in [-0.3, -0.25) is 0 Å². The molecule has 1 aromatic carbocycles. The summed E-state index contributed by atoms with van der Waals surface area (Å²) < 4.78 is 12.5. The maximum Gasteiger partial charge on any atom is 0.162 e. The van der Waals surface area contributed by atoms with Crippen molar-refractivity contribution in [3.63, 3.8) is 0 Å². The van der Waals surface area contributed by atoms with Crippen LogP contribution in [0.5, 0.6) is 11.5 Å². The average Bonchev–Trinajstić information content (AvgIpc) is 2.61. The van der Waals surface area contributed by atoms with E-state index < -0.39 is 0 Å². The molecule has 0 spiro atoms. The van der Waals surface area contributed by atoms with Crippen LogP contribution in [0.4, 0.5) is 0 Å². The summed E-state index contributed by atoms with van der Waals surface area (Å²) in [5, 5.41) is 0. The number of hydrogen-bond donors (Lipinski definition) is 1. The van der Waals surface area contributed by atoms with E-state index in [1.807, 2.05) is 6.07 Å². The van der Waals surface area contributed by atoms with Crippen LogP contribution in [0.25, 0.3) is 0 Å². The van der Waals surface area contributed by atoms with E-state index in [2.05, 4.69) is 28.9 Å². The van der Waals surface area contributed by atoms with E-state index in [-0.39, 0.29) is 0 Å². The van der Waals surface area contributed by atoms with Crippen molar-refractivity contribution in [1.82, 2.24) is 0 Å². The summed E-state index contributed by atoms with van der Waals surface area (Å²) in [6, 6.07) is 4.14. The second-order valence-corrected chi connectivity index (χ2v) is 6.02. The third kappa shape index (κ3) is 4.11. The van der Waals surface area contributed by atoms with E-state index in [1.165, 1.54) is 5.56 Å². The smallest absolute Gasteiger partial charge is 0.162 e. The normalized spacial score (nSPS) is 15.9. The zero-order chi connectivity index (χ0) is 13.7. The molecule has 1 aliphatic heterocycles. The van der Waals surface area contributed by atoms with Gasteiger partial charge in [0.15, 0.2) is 11.5 Å². The van der Waals surface area contributed by atoms with Gasteiger partial charge in [-0.2, -0.15) is 0 Å². The Hall–Kier alpha value is -0.740. The Bertz CT molecular complexity index is 423. The van der Waals surface area contributed by atoms with Gasteiger partial charge in [0, 0.05) is 10.9 Å². The minimum absolute atomic E-state index is 0.660. The maximum atomic E-state index is 5.73. The van der Waals surface area contributed by atoms with Gasteiger partial charge in [-0.15, -0.1) is 0 Å². The van der Waals surface area contributed by atoms with Crippen molar-refractivity contribution >= 4 is 15.9 Å². The standard InChI is InChI=1S/C15H22BrNO2/c1-11(5-6-17)3-4-12-9-14-15(10-13(12)16)19-8-2-7-18-14/h9-11H,2-8,17H2,1H3. The van der Waals surface area contributed by atoms with Crippen LogP contribution in [0.3, 0.4) is 0 Å². The minimum Gasteiger partial charge on any atom is -0.490 e. The Morgan fingerprint density at radius 2 is 1.89 bits per heavy atom. The number of hydrogen-bond acceptors (Lipinski definition) is 3. The molecule has 2 N–H and O–H groups in total. The first-order chi connectivity index (χ1) is 9.20. The Morgan fingerprint density at radius 3 is 2.58 bits per heavy atom. The molecule has 1 aliphatic rings. The number of ether oxygens (including phenoxy) is 2. The highest BCUT2D eigenvalue weighted by Gasteiger charge is 2.14. The zero-order valence-electron chi connectivity index (χ0n) is 11.5. The van der Waals surface area contributed by atoms with E-state index in [1.54, 1.807) is 0 Å². The molecule has 106 valence electrons. The Morgan fingerprint density at radius 1 is 1.21 bits per heavy atom. The van der Waals surface area contributed by atoms with Crippen LogP contribution in [-0.4, -0.2) is 19.8 Å². The van der Waals surface area contributed by atoms with Crippen LogP contribution >= 0.6 is 15.9 Å². The molecule has 3 nitrogen and oxygen atoms in total. The van der Waals surface area contributed by atoms with Gasteiger partial charge in [0.05, 0.1) is 13.2 Å². The molecule has 1 atom stereocenters. The highest BCUT2D eigenvalue weighted by Crippen LogP contribution is 2.36. The first-order valence-corrected chi connectivity index (χ1v) is 7.78. The van der Waals surface area contributed by atoms with Gasteiger partial charge in [0.25, 0.3) is 0 Å². The monoisotopic (exact) mass is 327 g/mol. The summed E-state index contributed by atoms with van der Waals surface area (Å²) in [6.45, 7) is 4.48.